The van der Waals surface area contributed by atoms with Gasteiger partial charge in [-0.05, 0) is 0 Å². The van der Waals surface area contributed by atoms with Gasteiger partial charge in [-0.25, -0.2) is 0 Å². The Bertz CT molecular complexity index is 8.00. The van der Waals surface area contributed by atoms with E-state index in [4.69, 9.17) is 0 Å². The molecule has 0 atom stereocenters. The number of hydrogen-bond acceptors (Lipinski definition) is 0. The minimum absolute atomic E-state index is 0. The fourth-order valence-electron chi connectivity index (χ4n) is 0. The van der Waals surface area contributed by atoms with Crippen LogP contribution in [-0.2, 0) is 0 Å². The first-order valence-electron chi connectivity index (χ1n) is 0. The summed E-state index contributed by atoms with van der Waals surface area (Å²) in [6.45, 7) is 0. The van der Waals surface area contributed by atoms with Gasteiger partial charge in [0.25, 0.3) is 0 Å². The van der Waals surface area contributed by atoms with Gasteiger partial charge in [0.15, 0.2) is 0 Å². The van der Waals surface area contributed by atoms with Crippen LogP contribution in [0.3, 0.4) is 0 Å². The smallest absolute Gasteiger partial charge is 0 e. The zero-order valence-electron chi connectivity index (χ0n) is 1.97. The van der Waals surface area contributed by atoms with E-state index in [1.165, 1.54) is 0 Å². The van der Waals surface area contributed by atoms with Crippen LogP contribution in [0, 0.1) is 0 Å². The molecule has 0 spiro atoms. The largest absolute Gasteiger partial charge is 0 e. The van der Waals surface area contributed by atoms with E-state index >= 15 is 0 Å². The van der Waals surface area contributed by atoms with Crippen LogP contribution in [-0.4, -0.2) is 97.0 Å². The van der Waals surface area contributed by atoms with Crippen LogP contribution in [0.5, 0.6) is 0 Å². The molecular formula is BaSSbTe. The Hall–Kier alpha value is 3.53. The topological polar surface area (TPSA) is 0 Å². The zero-order chi connectivity index (χ0) is 0. The molecule has 0 aromatic carbocycles. The molecule has 0 aromatic heterocycles. The maximum atomic E-state index is 0. The van der Waals surface area contributed by atoms with Gasteiger partial charge < -0.3 is 0 Å². The van der Waals surface area contributed by atoms with Crippen molar-refractivity contribution in [2.75, 3.05) is 0 Å². The summed E-state index contributed by atoms with van der Waals surface area (Å²) in [7, 11) is 0. The molecule has 0 aliphatic carbocycles. The fraction of sp³-hybridized carbons (Fsp3) is 0. The molecule has 0 saturated heterocycles. The second kappa shape index (κ2) is 16.0. The molecule has 0 aromatic rings. The maximum Gasteiger partial charge on any atom is 0 e. The van der Waals surface area contributed by atoms with Crippen molar-refractivity contribution in [1.29, 1.82) is 0 Å². The SMILES string of the molecule is [Ba].[S].[Sb].[Te]. The van der Waals surface area contributed by atoms with Crippen LogP contribution >= 0.6 is 13.5 Å². The predicted molar refractivity (Wildman–Crippen MR) is 24.9 cm³/mol. The summed E-state index contributed by atoms with van der Waals surface area (Å²) in [5.41, 5.74) is 0. The van der Waals surface area contributed by atoms with Crippen molar-refractivity contribution in [2.45, 2.75) is 0 Å². The molecule has 0 amide bonds. The average molecular weight is 419 g/mol. The van der Waals surface area contributed by atoms with Crippen molar-refractivity contribution < 1.29 is 0 Å². The molecule has 0 fully saturated rings. The Labute approximate surface area is 108 Å². The van der Waals surface area contributed by atoms with E-state index < -0.39 is 0 Å². The Balaban J connectivity index is 0. The Kier molecular flexibility index (Phi) is 103. The van der Waals surface area contributed by atoms with E-state index in [-0.39, 0.29) is 110 Å². The third-order valence-electron chi connectivity index (χ3n) is 0. The predicted octanol–water partition coefficient (Wildman–Crippen LogP) is -0.494. The number of hydrogen-bond donors (Lipinski definition) is 0. The summed E-state index contributed by atoms with van der Waals surface area (Å²) in [6, 6.07) is 0. The summed E-state index contributed by atoms with van der Waals surface area (Å²) in [5.74, 6) is 0. The van der Waals surface area contributed by atoms with E-state index in [0.29, 0.717) is 0 Å². The van der Waals surface area contributed by atoms with Crippen LogP contribution in [0.1, 0.15) is 0 Å². The van der Waals surface area contributed by atoms with Crippen LogP contribution in [0.2, 0.25) is 0 Å². The normalized spacial score (nSPS) is 0. The minimum Gasteiger partial charge on any atom is 0 e. The van der Waals surface area contributed by atoms with Crippen LogP contribution in [0.15, 0.2) is 0 Å². The van der Waals surface area contributed by atoms with Crippen molar-refractivity contribution in [3.05, 3.63) is 0 Å². The summed E-state index contributed by atoms with van der Waals surface area (Å²) in [4.78, 5) is 0. The second-order valence-electron chi connectivity index (χ2n) is 0. The molecule has 0 aliphatic heterocycles. The third kappa shape index (κ3) is 9.11. The van der Waals surface area contributed by atoms with Crippen LogP contribution < -0.4 is 0 Å². The van der Waals surface area contributed by atoms with Crippen molar-refractivity contribution in [3.63, 3.8) is 0 Å². The molecule has 0 nitrogen and oxygen atoms in total. The van der Waals surface area contributed by atoms with E-state index in [1.54, 1.807) is 0 Å². The first-order valence-corrected chi connectivity index (χ1v) is 0. The van der Waals surface area contributed by atoms with Gasteiger partial charge in [-0.1, -0.05) is 0 Å². The fourth-order valence-corrected chi connectivity index (χ4v) is 0. The van der Waals surface area contributed by atoms with Gasteiger partial charge in [-0.3, -0.25) is 0 Å². The molecule has 0 N–H and O–H groups in total. The van der Waals surface area contributed by atoms with Gasteiger partial charge >= 0.3 is 0 Å². The van der Waals surface area contributed by atoms with E-state index in [0.717, 1.165) is 0 Å². The van der Waals surface area contributed by atoms with Gasteiger partial charge in [-0.15, -0.1) is 0 Å². The number of rotatable bonds is 0. The summed E-state index contributed by atoms with van der Waals surface area (Å²) >= 11 is 0. The maximum absolute atomic E-state index is 0. The monoisotopic (exact) mass is 421 g/mol. The third-order valence-corrected chi connectivity index (χ3v) is 0. The molecule has 0 bridgehead atoms. The second-order valence-corrected chi connectivity index (χ2v) is 0. The molecule has 0 unspecified atom stereocenters. The summed E-state index contributed by atoms with van der Waals surface area (Å²) < 4.78 is 0. The molecular weight excluding hydrogens is 419 g/mol. The molecule has 0 saturated carbocycles. The van der Waals surface area contributed by atoms with Crippen LogP contribution in [0.25, 0.3) is 0 Å². The quantitative estimate of drug-likeness (QED) is 0.466. The first-order chi connectivity index (χ1) is 0. The van der Waals surface area contributed by atoms with Gasteiger partial charge in [0.05, 0.1) is 0 Å². The Morgan fingerprint density at radius 2 is 1.00 bits per heavy atom. The van der Waals surface area contributed by atoms with Crippen molar-refractivity contribution in [2.24, 2.45) is 0 Å². The molecule has 4 heteroatoms. The summed E-state index contributed by atoms with van der Waals surface area (Å²) in [6.07, 6.45) is 0. The Morgan fingerprint density at radius 3 is 1.00 bits per heavy atom. The van der Waals surface area contributed by atoms with Crippen molar-refractivity contribution in [1.82, 2.24) is 0 Å². The molecule has 9 radical (unpaired) electrons. The Morgan fingerprint density at radius 1 is 1.00 bits per heavy atom. The molecule has 4 heavy (non-hydrogen) atoms. The molecule has 0 heterocycles. The molecule has 0 rings (SSSR count). The van der Waals surface area contributed by atoms with Gasteiger partial charge in [-0.2, -0.15) is 0 Å². The van der Waals surface area contributed by atoms with Crippen molar-refractivity contribution in [3.8, 4) is 0 Å². The van der Waals surface area contributed by atoms with E-state index in [2.05, 4.69) is 0 Å². The molecule has 19 valence electrons. The van der Waals surface area contributed by atoms with Crippen molar-refractivity contribution >= 4 is 110 Å². The van der Waals surface area contributed by atoms with Gasteiger partial charge in [0, 0.05) is 110 Å². The zero-order valence-corrected chi connectivity index (χ0v) is 12.1. The standard InChI is InChI=1S/Ba.S.Sb.Te. The summed E-state index contributed by atoms with van der Waals surface area (Å²) in [5, 5.41) is 0. The van der Waals surface area contributed by atoms with Crippen LogP contribution in [0.4, 0.5) is 0 Å². The van der Waals surface area contributed by atoms with Gasteiger partial charge in [0.1, 0.15) is 0 Å². The van der Waals surface area contributed by atoms with E-state index in [1.807, 2.05) is 0 Å². The molecule has 0 aliphatic rings. The minimum atomic E-state index is 0. The average Bonchev–Trinajstić information content (AvgIpc) is 0. The first kappa shape index (κ1) is 25.8. The van der Waals surface area contributed by atoms with Gasteiger partial charge in [0.2, 0.25) is 0 Å². The van der Waals surface area contributed by atoms with E-state index in [9.17, 15) is 0 Å².